The molecule has 2 heterocycles. The zero-order valence-electron chi connectivity index (χ0n) is 7.54. The molecule has 5 heteroatoms. The molecule has 2 nitrogen and oxygen atoms in total. The van der Waals surface area contributed by atoms with Gasteiger partial charge in [0.15, 0.2) is 0 Å². The first-order valence-electron chi connectivity index (χ1n) is 4.45. The molecule has 0 radical (unpaired) electrons. The molecule has 0 spiro atoms. The number of rotatable bonds is 1. The van der Waals surface area contributed by atoms with E-state index < -0.39 is 6.17 Å². The van der Waals surface area contributed by atoms with E-state index in [0.717, 1.165) is 13.1 Å². The molecule has 2 aliphatic heterocycles. The maximum atomic E-state index is 12.5. The largest absolute Gasteiger partial charge is 0.317 e. The lowest BCUT2D eigenvalue weighted by Crippen LogP contribution is -2.55. The van der Waals surface area contributed by atoms with Crippen molar-refractivity contribution in [3.8, 4) is 0 Å². The first kappa shape index (κ1) is 13.4. The van der Waals surface area contributed by atoms with E-state index in [-0.39, 0.29) is 24.8 Å². The summed E-state index contributed by atoms with van der Waals surface area (Å²) in [6.07, 6.45) is 1.87. The number of piperidine rings is 1. The first-order chi connectivity index (χ1) is 5.36. The molecule has 0 bridgehead atoms. The van der Waals surface area contributed by atoms with Gasteiger partial charge in [-0.25, -0.2) is 4.39 Å². The van der Waals surface area contributed by atoms with E-state index in [1.807, 2.05) is 0 Å². The van der Waals surface area contributed by atoms with Crippen molar-refractivity contribution in [1.82, 2.24) is 10.2 Å². The highest BCUT2D eigenvalue weighted by atomic mass is 35.5. The lowest BCUT2D eigenvalue weighted by atomic mass is 10.0. The van der Waals surface area contributed by atoms with E-state index in [1.165, 1.54) is 12.8 Å². The van der Waals surface area contributed by atoms with Gasteiger partial charge in [0.1, 0.15) is 6.17 Å². The topological polar surface area (TPSA) is 15.3 Å². The standard InChI is InChI=1S/C8H15FN2.2ClH/c9-7-5-11(6-7)8-1-3-10-4-2-8;;/h7-8,10H,1-6H2;2*1H. The summed E-state index contributed by atoms with van der Waals surface area (Å²) in [5.41, 5.74) is 0. The van der Waals surface area contributed by atoms with Gasteiger partial charge in [0, 0.05) is 19.1 Å². The summed E-state index contributed by atoms with van der Waals surface area (Å²) in [5, 5.41) is 3.31. The Morgan fingerprint density at radius 3 is 2.08 bits per heavy atom. The zero-order chi connectivity index (χ0) is 7.68. The Bertz CT molecular complexity index is 136. The minimum atomic E-state index is -0.537. The van der Waals surface area contributed by atoms with E-state index >= 15 is 0 Å². The number of alkyl halides is 1. The number of likely N-dealkylation sites (tertiary alicyclic amines) is 1. The van der Waals surface area contributed by atoms with Crippen LogP contribution in [0.25, 0.3) is 0 Å². The van der Waals surface area contributed by atoms with Crippen LogP contribution in [0.15, 0.2) is 0 Å². The monoisotopic (exact) mass is 230 g/mol. The first-order valence-corrected chi connectivity index (χ1v) is 4.45. The van der Waals surface area contributed by atoms with Gasteiger partial charge in [0.25, 0.3) is 0 Å². The van der Waals surface area contributed by atoms with E-state index in [4.69, 9.17) is 0 Å². The Kier molecular flexibility index (Phi) is 6.21. The molecular formula is C8H17Cl2FN2. The van der Waals surface area contributed by atoms with Gasteiger partial charge in [0.2, 0.25) is 0 Å². The lowest BCUT2D eigenvalue weighted by molar-refractivity contribution is 0.0166. The van der Waals surface area contributed by atoms with Crippen molar-refractivity contribution < 1.29 is 4.39 Å². The van der Waals surface area contributed by atoms with Crippen LogP contribution in [0, 0.1) is 0 Å². The Hall–Kier alpha value is 0.430. The predicted octanol–water partition coefficient (Wildman–Crippen LogP) is 1.24. The summed E-state index contributed by atoms with van der Waals surface area (Å²) in [5.74, 6) is 0. The van der Waals surface area contributed by atoms with Gasteiger partial charge in [-0.1, -0.05) is 0 Å². The van der Waals surface area contributed by atoms with Gasteiger partial charge < -0.3 is 5.32 Å². The average Bonchev–Trinajstić information content (AvgIpc) is 2.01. The van der Waals surface area contributed by atoms with Crippen molar-refractivity contribution in [1.29, 1.82) is 0 Å². The van der Waals surface area contributed by atoms with E-state index in [9.17, 15) is 4.39 Å². The predicted molar refractivity (Wildman–Crippen MR) is 56.9 cm³/mol. The SMILES string of the molecule is Cl.Cl.FC1CN(C2CCNCC2)C1. The molecule has 2 fully saturated rings. The van der Waals surface area contributed by atoms with Gasteiger partial charge in [0.05, 0.1) is 0 Å². The number of hydrogen-bond donors (Lipinski definition) is 1. The van der Waals surface area contributed by atoms with E-state index in [1.54, 1.807) is 0 Å². The van der Waals surface area contributed by atoms with Crippen molar-refractivity contribution in [2.45, 2.75) is 25.1 Å². The molecule has 0 amide bonds. The molecule has 2 aliphatic rings. The van der Waals surface area contributed by atoms with Crippen LogP contribution in [-0.4, -0.2) is 43.3 Å². The zero-order valence-corrected chi connectivity index (χ0v) is 9.17. The molecular weight excluding hydrogens is 214 g/mol. The Balaban J connectivity index is 0.000000720. The summed E-state index contributed by atoms with van der Waals surface area (Å²) < 4.78 is 12.5. The van der Waals surface area contributed by atoms with Crippen LogP contribution in [0.5, 0.6) is 0 Å². The van der Waals surface area contributed by atoms with Crippen LogP contribution in [0.3, 0.4) is 0 Å². The summed E-state index contributed by atoms with van der Waals surface area (Å²) in [7, 11) is 0. The summed E-state index contributed by atoms with van der Waals surface area (Å²) in [4.78, 5) is 2.27. The Labute approximate surface area is 91.1 Å². The molecule has 0 aliphatic carbocycles. The maximum absolute atomic E-state index is 12.5. The van der Waals surface area contributed by atoms with Crippen LogP contribution in [0.4, 0.5) is 4.39 Å². The smallest absolute Gasteiger partial charge is 0.125 e. The fraction of sp³-hybridized carbons (Fsp3) is 1.00. The van der Waals surface area contributed by atoms with Gasteiger partial charge in [-0.05, 0) is 25.9 Å². The van der Waals surface area contributed by atoms with Crippen molar-refractivity contribution in [3.05, 3.63) is 0 Å². The molecule has 0 aromatic heterocycles. The molecule has 0 unspecified atom stereocenters. The van der Waals surface area contributed by atoms with Crippen LogP contribution >= 0.6 is 24.8 Å². The molecule has 80 valence electrons. The highest BCUT2D eigenvalue weighted by molar-refractivity contribution is 5.85. The summed E-state index contributed by atoms with van der Waals surface area (Å²) in [6.45, 7) is 3.59. The number of halogens is 3. The van der Waals surface area contributed by atoms with Gasteiger partial charge >= 0.3 is 0 Å². The van der Waals surface area contributed by atoms with E-state index in [0.29, 0.717) is 19.1 Å². The average molecular weight is 231 g/mol. The van der Waals surface area contributed by atoms with Crippen molar-refractivity contribution >= 4 is 24.8 Å². The van der Waals surface area contributed by atoms with Crippen molar-refractivity contribution in [2.75, 3.05) is 26.2 Å². The minimum absolute atomic E-state index is 0. The molecule has 0 atom stereocenters. The van der Waals surface area contributed by atoms with Crippen molar-refractivity contribution in [2.24, 2.45) is 0 Å². The molecule has 0 aromatic rings. The fourth-order valence-electron chi connectivity index (χ4n) is 1.93. The van der Waals surface area contributed by atoms with Crippen LogP contribution < -0.4 is 5.32 Å². The molecule has 13 heavy (non-hydrogen) atoms. The highest BCUT2D eigenvalue weighted by Crippen LogP contribution is 2.20. The number of nitrogens with one attached hydrogen (secondary N) is 1. The van der Waals surface area contributed by atoms with Crippen LogP contribution in [0.1, 0.15) is 12.8 Å². The van der Waals surface area contributed by atoms with Gasteiger partial charge in [-0.15, -0.1) is 24.8 Å². The Morgan fingerprint density at radius 2 is 1.62 bits per heavy atom. The second-order valence-electron chi connectivity index (χ2n) is 3.53. The molecule has 1 N–H and O–H groups in total. The third-order valence-electron chi connectivity index (χ3n) is 2.69. The number of hydrogen-bond acceptors (Lipinski definition) is 2. The second-order valence-corrected chi connectivity index (χ2v) is 3.53. The van der Waals surface area contributed by atoms with Gasteiger partial charge in [-0.3, -0.25) is 4.90 Å². The molecule has 0 aromatic carbocycles. The van der Waals surface area contributed by atoms with Crippen LogP contribution in [-0.2, 0) is 0 Å². The lowest BCUT2D eigenvalue weighted by Gasteiger charge is -2.42. The van der Waals surface area contributed by atoms with Crippen molar-refractivity contribution in [3.63, 3.8) is 0 Å². The molecule has 2 saturated heterocycles. The minimum Gasteiger partial charge on any atom is -0.317 e. The second kappa shape index (κ2) is 6.02. The summed E-state index contributed by atoms with van der Waals surface area (Å²) >= 11 is 0. The third kappa shape index (κ3) is 3.24. The quantitative estimate of drug-likeness (QED) is 0.730. The third-order valence-corrected chi connectivity index (χ3v) is 2.69. The maximum Gasteiger partial charge on any atom is 0.125 e. The number of nitrogens with zero attached hydrogens (tertiary/aromatic N) is 1. The fourth-order valence-corrected chi connectivity index (χ4v) is 1.93. The highest BCUT2D eigenvalue weighted by Gasteiger charge is 2.32. The Morgan fingerprint density at radius 1 is 1.08 bits per heavy atom. The van der Waals surface area contributed by atoms with E-state index in [2.05, 4.69) is 10.2 Å². The van der Waals surface area contributed by atoms with Gasteiger partial charge in [-0.2, -0.15) is 0 Å². The normalized spacial score (nSPS) is 25.6. The molecule has 0 saturated carbocycles. The van der Waals surface area contributed by atoms with Crippen LogP contribution in [0.2, 0.25) is 0 Å². The summed E-state index contributed by atoms with van der Waals surface area (Å²) in [6, 6.07) is 0.670. The molecule has 2 rings (SSSR count).